The van der Waals surface area contributed by atoms with Crippen molar-refractivity contribution in [1.82, 2.24) is 10.6 Å². The molecule has 0 atom stereocenters. The molecule has 1 amide bonds. The Kier molecular flexibility index (Phi) is 6.30. The van der Waals surface area contributed by atoms with Gasteiger partial charge in [0.25, 0.3) is 5.91 Å². The lowest BCUT2D eigenvalue weighted by Gasteiger charge is -2.16. The second kappa shape index (κ2) is 9.08. The molecule has 0 radical (unpaired) electrons. The van der Waals surface area contributed by atoms with Crippen molar-refractivity contribution in [2.45, 2.75) is 45.2 Å². The molecule has 1 heterocycles. The van der Waals surface area contributed by atoms with E-state index in [-0.39, 0.29) is 5.91 Å². The van der Waals surface area contributed by atoms with Crippen LogP contribution in [-0.2, 0) is 6.54 Å². The Balaban J connectivity index is 1.61. The number of rotatable bonds is 6. The van der Waals surface area contributed by atoms with E-state index < -0.39 is 0 Å². The fraction of sp³-hybridized carbons (Fsp3) is 0.400. The van der Waals surface area contributed by atoms with Gasteiger partial charge in [0.1, 0.15) is 0 Å². The highest BCUT2D eigenvalue weighted by Gasteiger charge is 2.15. The van der Waals surface area contributed by atoms with Gasteiger partial charge in [0.15, 0.2) is 11.7 Å². The molecule has 3 N–H and O–H groups in total. The smallest absolute Gasteiger partial charge is 0.291 e. The average molecular weight is 354 g/mol. The monoisotopic (exact) mass is 354 g/mol. The van der Waals surface area contributed by atoms with Crippen LogP contribution in [0.3, 0.4) is 0 Å². The third-order valence-electron chi connectivity index (χ3n) is 4.39. The summed E-state index contributed by atoms with van der Waals surface area (Å²) in [4.78, 5) is 16.8. The molecule has 26 heavy (non-hydrogen) atoms. The summed E-state index contributed by atoms with van der Waals surface area (Å²) >= 11 is 0. The van der Waals surface area contributed by atoms with Crippen molar-refractivity contribution in [1.29, 1.82) is 0 Å². The molecule has 1 aromatic carbocycles. The number of guanidine groups is 1. The molecule has 3 rings (SSSR count). The number of carbonyl (C=O) groups is 1. The molecule has 0 bridgehead atoms. The number of amides is 1. The van der Waals surface area contributed by atoms with E-state index in [0.29, 0.717) is 18.3 Å². The van der Waals surface area contributed by atoms with Gasteiger partial charge in [0.05, 0.1) is 12.8 Å². The first kappa shape index (κ1) is 18.0. The molecule has 2 aromatic rings. The van der Waals surface area contributed by atoms with Crippen LogP contribution in [0.25, 0.3) is 0 Å². The minimum Gasteiger partial charge on any atom is -0.459 e. The molecule has 6 heteroatoms. The van der Waals surface area contributed by atoms with Gasteiger partial charge in [-0.15, -0.1) is 0 Å². The van der Waals surface area contributed by atoms with Gasteiger partial charge in [-0.25, -0.2) is 4.99 Å². The summed E-state index contributed by atoms with van der Waals surface area (Å²) in [5, 5.41) is 9.65. The SMILES string of the molecule is CCNC(=NCc1cccc(NC(=O)c2ccco2)c1)NC1CCCC1. The number of carbonyl (C=O) groups excluding carboxylic acids is 1. The number of hydrogen-bond donors (Lipinski definition) is 3. The van der Waals surface area contributed by atoms with Gasteiger partial charge in [-0.3, -0.25) is 4.79 Å². The zero-order valence-corrected chi connectivity index (χ0v) is 15.1. The normalized spacial score (nSPS) is 15.0. The second-order valence-electron chi connectivity index (χ2n) is 6.45. The molecule has 0 spiro atoms. The minimum absolute atomic E-state index is 0.258. The topological polar surface area (TPSA) is 78.7 Å². The summed E-state index contributed by atoms with van der Waals surface area (Å²) < 4.78 is 5.12. The van der Waals surface area contributed by atoms with Crippen LogP contribution in [0, 0.1) is 0 Å². The molecular weight excluding hydrogens is 328 g/mol. The van der Waals surface area contributed by atoms with Crippen molar-refractivity contribution in [3.63, 3.8) is 0 Å². The van der Waals surface area contributed by atoms with E-state index in [9.17, 15) is 4.79 Å². The molecule has 0 aliphatic heterocycles. The fourth-order valence-corrected chi connectivity index (χ4v) is 3.10. The first-order valence-corrected chi connectivity index (χ1v) is 9.23. The molecule has 138 valence electrons. The summed E-state index contributed by atoms with van der Waals surface area (Å²) in [6.07, 6.45) is 6.47. The predicted molar refractivity (Wildman–Crippen MR) is 103 cm³/mol. The van der Waals surface area contributed by atoms with E-state index in [1.54, 1.807) is 12.1 Å². The van der Waals surface area contributed by atoms with Crippen LogP contribution in [-0.4, -0.2) is 24.5 Å². The van der Waals surface area contributed by atoms with E-state index in [1.165, 1.54) is 31.9 Å². The highest BCUT2D eigenvalue weighted by molar-refractivity contribution is 6.02. The maximum absolute atomic E-state index is 12.1. The van der Waals surface area contributed by atoms with E-state index >= 15 is 0 Å². The maximum atomic E-state index is 12.1. The Hall–Kier alpha value is -2.76. The van der Waals surface area contributed by atoms with Gasteiger partial charge in [0.2, 0.25) is 0 Å². The van der Waals surface area contributed by atoms with E-state index in [2.05, 4.69) is 27.9 Å². The maximum Gasteiger partial charge on any atom is 0.291 e. The lowest BCUT2D eigenvalue weighted by Crippen LogP contribution is -2.42. The highest BCUT2D eigenvalue weighted by atomic mass is 16.3. The van der Waals surface area contributed by atoms with Crippen LogP contribution in [0.4, 0.5) is 5.69 Å². The van der Waals surface area contributed by atoms with Gasteiger partial charge >= 0.3 is 0 Å². The van der Waals surface area contributed by atoms with Crippen LogP contribution in [0.15, 0.2) is 52.1 Å². The van der Waals surface area contributed by atoms with Crippen LogP contribution in [0.2, 0.25) is 0 Å². The molecule has 1 aromatic heterocycles. The Morgan fingerprint density at radius 3 is 2.81 bits per heavy atom. The molecule has 0 unspecified atom stereocenters. The summed E-state index contributed by atoms with van der Waals surface area (Å²) in [7, 11) is 0. The van der Waals surface area contributed by atoms with Crippen LogP contribution in [0.1, 0.15) is 48.7 Å². The van der Waals surface area contributed by atoms with Crippen molar-refractivity contribution >= 4 is 17.6 Å². The third-order valence-corrected chi connectivity index (χ3v) is 4.39. The summed E-state index contributed by atoms with van der Waals surface area (Å²) in [5.74, 6) is 0.889. The van der Waals surface area contributed by atoms with Crippen LogP contribution in [0.5, 0.6) is 0 Å². The number of hydrogen-bond acceptors (Lipinski definition) is 3. The zero-order chi connectivity index (χ0) is 18.2. The van der Waals surface area contributed by atoms with Crippen molar-refractivity contribution < 1.29 is 9.21 Å². The Morgan fingerprint density at radius 2 is 2.08 bits per heavy atom. The molecule has 1 fully saturated rings. The lowest BCUT2D eigenvalue weighted by molar-refractivity contribution is 0.0996. The predicted octanol–water partition coefficient (Wildman–Crippen LogP) is 3.53. The van der Waals surface area contributed by atoms with Gasteiger partial charge in [-0.2, -0.15) is 0 Å². The first-order valence-electron chi connectivity index (χ1n) is 9.23. The number of benzene rings is 1. The molecule has 1 saturated carbocycles. The quantitative estimate of drug-likeness (QED) is 0.548. The van der Waals surface area contributed by atoms with Crippen molar-refractivity contribution in [2.75, 3.05) is 11.9 Å². The zero-order valence-electron chi connectivity index (χ0n) is 15.1. The molecule has 1 aliphatic rings. The first-order chi connectivity index (χ1) is 12.7. The molecule has 1 aliphatic carbocycles. The summed E-state index contributed by atoms with van der Waals surface area (Å²) in [6.45, 7) is 3.45. The lowest BCUT2D eigenvalue weighted by atomic mass is 10.2. The highest BCUT2D eigenvalue weighted by Crippen LogP contribution is 2.17. The molecule has 0 saturated heterocycles. The number of anilines is 1. The van der Waals surface area contributed by atoms with E-state index in [1.807, 2.05) is 24.3 Å². The largest absolute Gasteiger partial charge is 0.459 e. The second-order valence-corrected chi connectivity index (χ2v) is 6.45. The van der Waals surface area contributed by atoms with Gasteiger partial charge < -0.3 is 20.4 Å². The standard InChI is InChI=1S/C20H26N4O2/c1-2-21-20(24-16-8-3-4-9-16)22-14-15-7-5-10-17(13-15)23-19(25)18-11-6-12-26-18/h5-7,10-13,16H,2-4,8-9,14H2,1H3,(H,23,25)(H2,21,22,24). The van der Waals surface area contributed by atoms with E-state index in [0.717, 1.165) is 23.8 Å². The van der Waals surface area contributed by atoms with Crippen LogP contribution >= 0.6 is 0 Å². The van der Waals surface area contributed by atoms with E-state index in [4.69, 9.17) is 4.42 Å². The number of furan rings is 1. The van der Waals surface area contributed by atoms with Crippen molar-refractivity contribution in [3.05, 3.63) is 54.0 Å². The Morgan fingerprint density at radius 1 is 1.23 bits per heavy atom. The van der Waals surface area contributed by atoms with Gasteiger partial charge in [0, 0.05) is 18.3 Å². The summed E-state index contributed by atoms with van der Waals surface area (Å²) in [6, 6.07) is 11.6. The Labute approximate surface area is 154 Å². The van der Waals surface area contributed by atoms with Crippen LogP contribution < -0.4 is 16.0 Å². The fourth-order valence-electron chi connectivity index (χ4n) is 3.10. The minimum atomic E-state index is -0.258. The number of aliphatic imine (C=N–C) groups is 1. The van der Waals surface area contributed by atoms with Crippen molar-refractivity contribution in [2.24, 2.45) is 4.99 Å². The Bertz CT molecular complexity index is 734. The molecular formula is C20H26N4O2. The third kappa shape index (κ3) is 5.12. The number of nitrogens with zero attached hydrogens (tertiary/aromatic N) is 1. The summed E-state index contributed by atoms with van der Waals surface area (Å²) in [5.41, 5.74) is 1.76. The van der Waals surface area contributed by atoms with Crippen molar-refractivity contribution in [3.8, 4) is 0 Å². The number of nitrogens with one attached hydrogen (secondary N) is 3. The average Bonchev–Trinajstić information content (AvgIpc) is 3.34. The van der Waals surface area contributed by atoms with Gasteiger partial charge in [-0.05, 0) is 49.6 Å². The molecule has 6 nitrogen and oxygen atoms in total. The van der Waals surface area contributed by atoms with Gasteiger partial charge in [-0.1, -0.05) is 25.0 Å².